The summed E-state index contributed by atoms with van der Waals surface area (Å²) in [6.07, 6.45) is 7.86. The molecule has 20 rings (SSSR count). The van der Waals surface area contributed by atoms with Gasteiger partial charge >= 0.3 is 0 Å². The van der Waals surface area contributed by atoms with Gasteiger partial charge in [0.1, 0.15) is 35.2 Å². The molecule has 0 amide bonds. The Bertz CT molecular complexity index is 9350. The number of benzene rings is 15. The van der Waals surface area contributed by atoms with E-state index in [2.05, 4.69) is 67.6 Å². The van der Waals surface area contributed by atoms with Gasteiger partial charge in [-0.2, -0.15) is 0 Å². The van der Waals surface area contributed by atoms with E-state index in [0.717, 1.165) is 145 Å². The van der Waals surface area contributed by atoms with Crippen LogP contribution >= 0.6 is 0 Å². The molecule has 5 heterocycles. The number of pyridine rings is 5. The average molecular weight is 1900 g/mol. The van der Waals surface area contributed by atoms with Gasteiger partial charge in [0.15, 0.2) is 31.0 Å². The van der Waals surface area contributed by atoms with Crippen molar-refractivity contribution in [2.24, 2.45) is 35.2 Å². The summed E-state index contributed by atoms with van der Waals surface area (Å²) in [5, 5.41) is 0. The predicted molar refractivity (Wildman–Crippen MR) is 605 cm³/mol. The highest BCUT2D eigenvalue weighted by Gasteiger charge is 2.27. The van der Waals surface area contributed by atoms with Crippen LogP contribution in [0.4, 0.5) is 0 Å². The smallest absolute Gasteiger partial charge is 0.201 e. The second-order valence-electron chi connectivity index (χ2n) is 36.4. The number of aromatic nitrogens is 5. The molecular formula is C138H136N5+5. The zero-order chi connectivity index (χ0) is 128. The van der Waals surface area contributed by atoms with Gasteiger partial charge in [-0.05, 0) is 327 Å². The van der Waals surface area contributed by atoms with Crippen LogP contribution in [0.3, 0.4) is 0 Å². The largest absolute Gasteiger partial charge is 0.213 e. The lowest BCUT2D eigenvalue weighted by Crippen LogP contribution is -2.31. The molecule has 0 saturated heterocycles. The van der Waals surface area contributed by atoms with Gasteiger partial charge in [-0.3, -0.25) is 0 Å². The summed E-state index contributed by atoms with van der Waals surface area (Å²) in [7, 11) is 9.01. The van der Waals surface area contributed by atoms with Gasteiger partial charge in [0.2, 0.25) is 28.5 Å². The maximum absolute atomic E-state index is 8.26. The molecule has 0 saturated carbocycles. The van der Waals surface area contributed by atoms with Gasteiger partial charge in [0.05, 0.1) is 0 Å². The summed E-state index contributed by atoms with van der Waals surface area (Å²) >= 11 is 0. The Morgan fingerprint density at radius 3 is 0.685 bits per heavy atom. The highest BCUT2D eigenvalue weighted by atomic mass is 14.9. The van der Waals surface area contributed by atoms with Gasteiger partial charge < -0.3 is 0 Å². The minimum absolute atomic E-state index is 0.0699. The number of nitrogens with zero attached hydrogens (tertiary/aromatic N) is 5. The van der Waals surface area contributed by atoms with Gasteiger partial charge in [0, 0.05) is 131 Å². The predicted octanol–water partition coefficient (Wildman–Crippen LogP) is 33.1. The van der Waals surface area contributed by atoms with E-state index in [1.54, 1.807) is 102 Å². The summed E-state index contributed by atoms with van der Waals surface area (Å²) in [6.45, 7) is -14.2. The van der Waals surface area contributed by atoms with Crippen molar-refractivity contribution in [2.75, 3.05) is 0 Å². The lowest BCUT2D eigenvalue weighted by atomic mass is 9.90. The van der Waals surface area contributed by atoms with Crippen LogP contribution in [-0.2, 0) is 35.2 Å². The Morgan fingerprint density at radius 1 is 0.140 bits per heavy atom. The van der Waals surface area contributed by atoms with E-state index in [1.165, 1.54) is 42.7 Å². The second-order valence-corrected chi connectivity index (χ2v) is 36.4. The second kappa shape index (κ2) is 44.7. The van der Waals surface area contributed by atoms with Crippen molar-refractivity contribution < 1.29 is 68.1 Å². The molecule has 0 aliphatic carbocycles. The summed E-state index contributed by atoms with van der Waals surface area (Å²) in [6, 6.07) is 118. The van der Waals surface area contributed by atoms with Crippen molar-refractivity contribution in [3.8, 4) is 168 Å². The molecule has 5 heteroatoms. The van der Waals surface area contributed by atoms with Crippen LogP contribution in [-0.4, -0.2) is 0 Å². The van der Waals surface area contributed by atoms with Crippen molar-refractivity contribution in [3.63, 3.8) is 0 Å². The third-order valence-corrected chi connectivity index (χ3v) is 26.1. The number of rotatable bonds is 15. The first-order chi connectivity index (χ1) is 82.2. The molecule has 0 fully saturated rings. The fourth-order valence-corrected chi connectivity index (χ4v) is 18.4. The molecule has 0 atom stereocenters. The third-order valence-electron chi connectivity index (χ3n) is 26.1. The van der Waals surface area contributed by atoms with Crippen LogP contribution in [0.5, 0.6) is 0 Å². The number of hydrogen-bond acceptors (Lipinski definition) is 0. The molecule has 708 valence electrons. The monoisotopic (exact) mass is 1900 g/mol. The maximum Gasteiger partial charge on any atom is 0.213 e. The van der Waals surface area contributed by atoms with Crippen molar-refractivity contribution in [2.45, 2.75) is 124 Å². The first-order valence-electron chi connectivity index (χ1n) is 63.8. The van der Waals surface area contributed by atoms with E-state index in [0.29, 0.717) is 44.8 Å². The summed E-state index contributed by atoms with van der Waals surface area (Å²) < 4.78 is 278. The molecule has 0 spiro atoms. The summed E-state index contributed by atoms with van der Waals surface area (Å²) in [5.74, 6) is 0. The molecule has 0 radical (unpaired) electrons. The average Bonchev–Trinajstić information content (AvgIpc) is 0.734. The third kappa shape index (κ3) is 22.9. The van der Waals surface area contributed by atoms with E-state index in [1.807, 2.05) is 301 Å². The van der Waals surface area contributed by atoms with E-state index >= 15 is 0 Å². The van der Waals surface area contributed by atoms with Crippen LogP contribution in [0, 0.1) is 124 Å². The van der Waals surface area contributed by atoms with Crippen molar-refractivity contribution in [1.82, 2.24) is 0 Å². The molecule has 20 aromatic rings. The Balaban J connectivity index is 0.000000153. The molecule has 5 aromatic heterocycles. The quantitative estimate of drug-likeness (QED) is 0.0912. The first-order valence-corrected chi connectivity index (χ1v) is 47.3. The fraction of sp³-hybridized carbons (Fsp3) is 0.167. The topological polar surface area (TPSA) is 19.4 Å². The Kier molecular flexibility index (Phi) is 20.6. The van der Waals surface area contributed by atoms with E-state index in [4.69, 9.17) is 45.2 Å². The van der Waals surface area contributed by atoms with Gasteiger partial charge in [-0.1, -0.05) is 327 Å². The van der Waals surface area contributed by atoms with Crippen molar-refractivity contribution in [3.05, 3.63) is 507 Å². The zero-order valence-electron chi connectivity index (χ0n) is 115. The molecule has 143 heavy (non-hydrogen) atoms. The van der Waals surface area contributed by atoms with Gasteiger partial charge in [0.25, 0.3) is 0 Å². The van der Waals surface area contributed by atoms with Crippen LogP contribution < -0.4 is 22.8 Å². The molecule has 0 aliphatic heterocycles. The minimum atomic E-state index is -2.67. The van der Waals surface area contributed by atoms with Gasteiger partial charge in [-0.15, -0.1) is 0 Å². The molecule has 5 nitrogen and oxygen atoms in total. The standard InChI is InChI=1S/C29H30N.2C28H28N.C27H26N.C26H24N/c1-19-14-21(3)29(22(4)15-19)27-17-28(30(6)18-23(27)5)26-16-25(13-12-20(26)2)24-10-8-7-9-11-24;1-19-14-15-24(23-12-7-6-8-13-23)16-25(19)27-17-26(22(4)18-29(27)5)28-20(2)10-9-11-21(28)3;1-19-11-14-25(21(3)15-19)26-17-28(29(5)18-22(26)4)27-16-24(13-12-20(27)2)23-9-7-6-8-10-23;1-19-10-8-9-13-24(19)25-17-27(28(4)18-21(25)3)26-16-23(15-14-20(26)2)22-11-6-5-7-12-22;1-19-14-15-23(21-10-6-4-7-11-21)16-25(19)26-17-24(20(2)18-27(26)3)22-12-8-5-9-13-22/h7-18H,1-6H3;2*6-18H,1-5H3;5-18H,1-4H3;4-18H,1-3H3/q5*+1/i3D3,4D3,5D3;2D3,3D3,4D3;3D3,4D3;1D3,3D3;2D3. The highest BCUT2D eigenvalue weighted by Crippen LogP contribution is 2.42. The normalized spacial score (nSPS) is 15.3. The summed E-state index contributed by atoms with van der Waals surface area (Å²) in [5.41, 5.74) is 28.4. The minimum Gasteiger partial charge on any atom is -0.201 e. The number of aryl methyl sites for hydroxylation is 23. The molecule has 0 N–H and O–H groups in total. The lowest BCUT2D eigenvalue weighted by Gasteiger charge is -2.15. The Morgan fingerprint density at radius 2 is 0.378 bits per heavy atom. The van der Waals surface area contributed by atoms with Crippen LogP contribution in [0.2, 0.25) is 0 Å². The zero-order valence-corrected chi connectivity index (χ0v) is 82.4. The highest BCUT2D eigenvalue weighted by molar-refractivity contribution is 5.85. The molecule has 0 unspecified atom stereocenters. The fourth-order valence-electron chi connectivity index (χ4n) is 18.4. The van der Waals surface area contributed by atoms with Crippen LogP contribution in [0.15, 0.2) is 407 Å². The number of hydrogen-bond donors (Lipinski definition) is 0. The Labute approximate surface area is 897 Å². The van der Waals surface area contributed by atoms with E-state index in [-0.39, 0.29) is 77.9 Å². The maximum atomic E-state index is 8.26. The first kappa shape index (κ1) is 65.9. The van der Waals surface area contributed by atoms with E-state index < -0.39 is 75.4 Å². The van der Waals surface area contributed by atoms with E-state index in [9.17, 15) is 0 Å². The molecule has 0 aliphatic rings. The van der Waals surface area contributed by atoms with Crippen LogP contribution in [0.1, 0.15) is 145 Å². The molecule has 15 aromatic carbocycles. The Hall–Kier alpha value is -16.0. The SMILES string of the molecule is [2H]C([2H])([2H])c1c[n+](C)c(-c2cc(-c3ccccc3)ccc2C)cc1-c1c(C([2H])([2H])[2H])cc(C)cc1C([2H])([2H])[2H].[2H]C([2H])([2H])c1c[n+](C)c(-c2cc(-c3ccccc3)ccc2C)cc1-c1c(C([2H])([2H])[2H])cccc1C([2H])([2H])[2H].[2H]C([2H])([2H])c1c[n+](C)c(-c2cc(-c3ccccc3)ccc2C)cc1-c1ccccc1.[2H]C([2H])([2H])c1cc(C)ccc1-c1cc(-c2cc(-c3ccccc3)ccc2C)[n+](C)cc1C([2H])([2H])[2H].[2H]C([2H])([2H])c1ccccc1-c1cc(-c2cc(-c3ccccc3)ccc2C)[n+](C)cc1C([2H])([2H])[2H]. The summed E-state index contributed by atoms with van der Waals surface area (Å²) in [4.78, 5) is 0. The molecule has 0 bridgehead atoms. The van der Waals surface area contributed by atoms with Gasteiger partial charge in [-0.25, -0.2) is 22.8 Å². The van der Waals surface area contributed by atoms with Crippen molar-refractivity contribution >= 4 is 0 Å². The molecular weight excluding hydrogens is 1730 g/mol. The van der Waals surface area contributed by atoms with Crippen molar-refractivity contribution in [1.29, 1.82) is 0 Å². The van der Waals surface area contributed by atoms with Crippen LogP contribution in [0.25, 0.3) is 168 Å². The lowest BCUT2D eigenvalue weighted by molar-refractivity contribution is -0.660.